The number of halogens is 3. The molecule has 0 aliphatic carbocycles. The minimum Gasteiger partial charge on any atom is -0.455 e. The van der Waals surface area contributed by atoms with Crippen molar-refractivity contribution in [3.63, 3.8) is 0 Å². The molecule has 0 bridgehead atoms. The number of ether oxygens (including phenoxy) is 1. The number of benzene rings is 2. The molecule has 0 radical (unpaired) electrons. The fraction of sp³-hybridized carbons (Fsp3) is 0.0769. The molecule has 0 fully saturated rings. The van der Waals surface area contributed by atoms with E-state index in [0.717, 1.165) is 10.0 Å². The number of nitro benzene ring substituents is 1. The van der Waals surface area contributed by atoms with Crippen molar-refractivity contribution in [3.05, 3.63) is 61.0 Å². The van der Waals surface area contributed by atoms with Crippen molar-refractivity contribution in [2.45, 2.75) is 5.88 Å². The van der Waals surface area contributed by atoms with Crippen LogP contribution in [0.25, 0.3) is 0 Å². The fourth-order valence-electron chi connectivity index (χ4n) is 1.55. The van der Waals surface area contributed by atoms with E-state index < -0.39 is 4.92 Å². The molecule has 0 spiro atoms. The van der Waals surface area contributed by atoms with Gasteiger partial charge in [0, 0.05) is 11.9 Å². The highest BCUT2D eigenvalue weighted by Crippen LogP contribution is 2.38. The number of rotatable bonds is 4. The summed E-state index contributed by atoms with van der Waals surface area (Å²) in [7, 11) is 0. The van der Waals surface area contributed by atoms with Crippen molar-refractivity contribution in [3.8, 4) is 11.5 Å². The molecule has 0 aromatic heterocycles. The SMILES string of the molecule is O=[N+]([O-])c1cccc(Oc2ccc(CCl)cc2Br)c1Br. The molecule has 0 N–H and O–H groups in total. The van der Waals surface area contributed by atoms with E-state index in [1.54, 1.807) is 18.2 Å². The minimum absolute atomic E-state index is 0.0454. The quantitative estimate of drug-likeness (QED) is 0.364. The zero-order valence-electron chi connectivity index (χ0n) is 9.98. The molecule has 0 unspecified atom stereocenters. The molecule has 0 heterocycles. The van der Waals surface area contributed by atoms with Crippen LogP contribution < -0.4 is 4.74 Å². The van der Waals surface area contributed by atoms with Gasteiger partial charge in [0.15, 0.2) is 0 Å². The number of hydrogen-bond acceptors (Lipinski definition) is 3. The normalized spacial score (nSPS) is 10.3. The number of nitro groups is 1. The molecule has 0 amide bonds. The lowest BCUT2D eigenvalue weighted by atomic mass is 10.2. The molecule has 0 saturated heterocycles. The van der Waals surface area contributed by atoms with E-state index in [1.807, 2.05) is 12.1 Å². The van der Waals surface area contributed by atoms with Crippen molar-refractivity contribution in [2.75, 3.05) is 0 Å². The van der Waals surface area contributed by atoms with Gasteiger partial charge in [-0.1, -0.05) is 12.1 Å². The average Bonchev–Trinajstić information content (AvgIpc) is 2.42. The van der Waals surface area contributed by atoms with Crippen LogP contribution in [0.4, 0.5) is 5.69 Å². The van der Waals surface area contributed by atoms with Gasteiger partial charge in [-0.05, 0) is 55.6 Å². The van der Waals surface area contributed by atoms with Crippen molar-refractivity contribution in [1.29, 1.82) is 0 Å². The van der Waals surface area contributed by atoms with Gasteiger partial charge in [-0.15, -0.1) is 11.6 Å². The molecule has 2 aromatic carbocycles. The van der Waals surface area contributed by atoms with E-state index in [2.05, 4.69) is 31.9 Å². The second-order valence-electron chi connectivity index (χ2n) is 3.85. The Bertz CT molecular complexity index is 664. The average molecular weight is 421 g/mol. The van der Waals surface area contributed by atoms with Gasteiger partial charge >= 0.3 is 0 Å². The van der Waals surface area contributed by atoms with Crippen LogP contribution in [-0.4, -0.2) is 4.92 Å². The lowest BCUT2D eigenvalue weighted by molar-refractivity contribution is -0.385. The number of alkyl halides is 1. The van der Waals surface area contributed by atoms with Crippen molar-refractivity contribution >= 4 is 49.1 Å². The van der Waals surface area contributed by atoms with Crippen LogP contribution in [0.15, 0.2) is 45.3 Å². The van der Waals surface area contributed by atoms with E-state index in [1.165, 1.54) is 6.07 Å². The highest BCUT2D eigenvalue weighted by molar-refractivity contribution is 9.11. The van der Waals surface area contributed by atoms with Crippen molar-refractivity contribution in [2.24, 2.45) is 0 Å². The Kier molecular flexibility index (Phi) is 5.01. The Labute approximate surface area is 137 Å². The third-order valence-electron chi connectivity index (χ3n) is 2.51. The monoisotopic (exact) mass is 419 g/mol. The first kappa shape index (κ1) is 15.3. The topological polar surface area (TPSA) is 52.4 Å². The van der Waals surface area contributed by atoms with Crippen LogP contribution in [0.3, 0.4) is 0 Å². The summed E-state index contributed by atoms with van der Waals surface area (Å²) in [6.45, 7) is 0. The predicted octanol–water partition coefficient (Wildman–Crippen LogP) is 5.65. The maximum absolute atomic E-state index is 10.9. The van der Waals surface area contributed by atoms with Crippen LogP contribution in [0.5, 0.6) is 11.5 Å². The molecule has 0 atom stereocenters. The first-order valence-corrected chi connectivity index (χ1v) is 7.60. The zero-order valence-corrected chi connectivity index (χ0v) is 13.9. The third-order valence-corrected chi connectivity index (χ3v) is 4.24. The van der Waals surface area contributed by atoms with E-state index in [4.69, 9.17) is 16.3 Å². The van der Waals surface area contributed by atoms with E-state index in [0.29, 0.717) is 21.9 Å². The van der Waals surface area contributed by atoms with Crippen molar-refractivity contribution < 1.29 is 9.66 Å². The summed E-state index contributed by atoms with van der Waals surface area (Å²) in [4.78, 5) is 10.4. The predicted molar refractivity (Wildman–Crippen MR) is 84.6 cm³/mol. The Hall–Kier alpha value is -1.11. The van der Waals surface area contributed by atoms with Gasteiger partial charge in [0.2, 0.25) is 0 Å². The summed E-state index contributed by atoms with van der Waals surface area (Å²) in [5.74, 6) is 1.33. The van der Waals surface area contributed by atoms with Gasteiger partial charge in [-0.2, -0.15) is 0 Å². The van der Waals surface area contributed by atoms with Gasteiger partial charge in [0.1, 0.15) is 16.0 Å². The first-order chi connectivity index (χ1) is 9.52. The smallest absolute Gasteiger partial charge is 0.287 e. The van der Waals surface area contributed by atoms with Gasteiger partial charge in [0.05, 0.1) is 9.40 Å². The van der Waals surface area contributed by atoms with Gasteiger partial charge < -0.3 is 4.74 Å². The Morgan fingerprint density at radius 3 is 2.55 bits per heavy atom. The highest BCUT2D eigenvalue weighted by Gasteiger charge is 2.17. The van der Waals surface area contributed by atoms with Crippen LogP contribution >= 0.6 is 43.5 Å². The Morgan fingerprint density at radius 1 is 1.20 bits per heavy atom. The standard InChI is InChI=1S/C13H8Br2ClNO3/c14-9-6-8(7-16)4-5-11(9)20-12-3-1-2-10(13(12)15)17(18)19/h1-6H,7H2. The Morgan fingerprint density at radius 2 is 1.95 bits per heavy atom. The third kappa shape index (κ3) is 3.31. The highest BCUT2D eigenvalue weighted by atomic mass is 79.9. The molecule has 104 valence electrons. The van der Waals surface area contributed by atoms with Crippen LogP contribution in [0, 0.1) is 10.1 Å². The maximum Gasteiger partial charge on any atom is 0.287 e. The van der Waals surface area contributed by atoms with E-state index >= 15 is 0 Å². The lowest BCUT2D eigenvalue weighted by Crippen LogP contribution is -1.93. The molecule has 7 heteroatoms. The van der Waals surface area contributed by atoms with Crippen LogP contribution in [0.1, 0.15) is 5.56 Å². The summed E-state index contributed by atoms with van der Waals surface area (Å²) in [6, 6.07) is 10.1. The van der Waals surface area contributed by atoms with E-state index in [-0.39, 0.29) is 5.69 Å². The second-order valence-corrected chi connectivity index (χ2v) is 5.76. The molecular weight excluding hydrogens is 413 g/mol. The summed E-state index contributed by atoms with van der Waals surface area (Å²) in [5, 5.41) is 10.9. The molecule has 4 nitrogen and oxygen atoms in total. The molecule has 2 aromatic rings. The molecule has 0 aliphatic heterocycles. The Balaban J connectivity index is 2.35. The van der Waals surface area contributed by atoms with E-state index in [9.17, 15) is 10.1 Å². The van der Waals surface area contributed by atoms with Gasteiger partial charge in [0.25, 0.3) is 5.69 Å². The number of hydrogen-bond donors (Lipinski definition) is 0. The first-order valence-electron chi connectivity index (χ1n) is 5.48. The maximum atomic E-state index is 10.9. The van der Waals surface area contributed by atoms with Crippen molar-refractivity contribution in [1.82, 2.24) is 0 Å². The summed E-state index contributed by atoms with van der Waals surface area (Å²) in [6.07, 6.45) is 0. The minimum atomic E-state index is -0.470. The molecule has 2 rings (SSSR count). The summed E-state index contributed by atoms with van der Waals surface area (Å²) < 4.78 is 6.72. The largest absolute Gasteiger partial charge is 0.455 e. The van der Waals surface area contributed by atoms with Crippen LogP contribution in [0.2, 0.25) is 0 Å². The van der Waals surface area contributed by atoms with Gasteiger partial charge in [-0.25, -0.2) is 0 Å². The number of nitrogens with zero attached hydrogens (tertiary/aromatic N) is 1. The lowest BCUT2D eigenvalue weighted by Gasteiger charge is -2.10. The molecule has 0 saturated carbocycles. The summed E-state index contributed by atoms with van der Waals surface area (Å²) >= 11 is 12.3. The van der Waals surface area contributed by atoms with Crippen LogP contribution in [-0.2, 0) is 5.88 Å². The molecular formula is C13H8Br2ClNO3. The summed E-state index contributed by atoms with van der Waals surface area (Å²) in [5.41, 5.74) is 0.903. The molecule has 20 heavy (non-hydrogen) atoms. The zero-order chi connectivity index (χ0) is 14.7. The fourth-order valence-corrected chi connectivity index (χ4v) is 2.71. The molecule has 0 aliphatic rings. The second kappa shape index (κ2) is 6.56. The van der Waals surface area contributed by atoms with Gasteiger partial charge in [-0.3, -0.25) is 10.1 Å².